The van der Waals surface area contributed by atoms with Crippen molar-refractivity contribution in [2.75, 3.05) is 26.4 Å². The summed E-state index contributed by atoms with van der Waals surface area (Å²) in [6.45, 7) is 5.07. The number of rotatable bonds is 11. The van der Waals surface area contributed by atoms with Crippen LogP contribution in [0.3, 0.4) is 0 Å². The lowest BCUT2D eigenvalue weighted by molar-refractivity contribution is 0.159. The number of hydrogen-bond acceptors (Lipinski definition) is 5. The molecule has 0 aliphatic heterocycles. The van der Waals surface area contributed by atoms with Crippen molar-refractivity contribution in [3.8, 4) is 17.2 Å². The zero-order valence-corrected chi connectivity index (χ0v) is 19.5. The second kappa shape index (κ2) is 12.8. The zero-order valence-electron chi connectivity index (χ0n) is 16.5. The van der Waals surface area contributed by atoms with E-state index in [0.717, 1.165) is 11.3 Å². The van der Waals surface area contributed by atoms with Gasteiger partial charge in [0.2, 0.25) is 0 Å². The molecule has 9 heteroatoms. The van der Waals surface area contributed by atoms with E-state index >= 15 is 0 Å². The molecule has 0 atom stereocenters. The van der Waals surface area contributed by atoms with Crippen LogP contribution >= 0.6 is 46.4 Å². The normalized spacial score (nSPS) is 11.1. The zero-order chi connectivity index (χ0) is 21.9. The molecule has 0 aliphatic rings. The topological polar surface area (TPSA) is 49.3 Å². The van der Waals surface area contributed by atoms with E-state index in [4.69, 9.17) is 65.5 Å². The lowest BCUT2D eigenvalue weighted by Gasteiger charge is -2.13. The van der Waals surface area contributed by atoms with E-state index < -0.39 is 0 Å². The molecule has 0 aromatic heterocycles. The molecule has 0 N–H and O–H groups in total. The van der Waals surface area contributed by atoms with Gasteiger partial charge in [0.05, 0.1) is 15.8 Å². The highest BCUT2D eigenvalue weighted by atomic mass is 35.5. The first kappa shape index (κ1) is 24.5. The summed E-state index contributed by atoms with van der Waals surface area (Å²) in [5.74, 6) is 1.54. The van der Waals surface area contributed by atoms with Gasteiger partial charge in [-0.3, -0.25) is 0 Å². The van der Waals surface area contributed by atoms with E-state index in [1.807, 2.05) is 38.1 Å². The Morgan fingerprint density at radius 2 is 1.57 bits per heavy atom. The van der Waals surface area contributed by atoms with Gasteiger partial charge in [-0.15, -0.1) is 0 Å². The minimum atomic E-state index is 0.121. The fourth-order valence-corrected chi connectivity index (χ4v) is 2.97. The maximum absolute atomic E-state index is 6.24. The van der Waals surface area contributed by atoms with Crippen LogP contribution in [-0.4, -0.2) is 32.1 Å². The molecule has 0 saturated heterocycles. The summed E-state index contributed by atoms with van der Waals surface area (Å²) in [4.78, 5) is 5.05. The van der Waals surface area contributed by atoms with Gasteiger partial charge in [0.15, 0.2) is 5.75 Å². The molecule has 2 aromatic carbocycles. The van der Waals surface area contributed by atoms with Gasteiger partial charge in [0.1, 0.15) is 42.4 Å². The van der Waals surface area contributed by atoms with Gasteiger partial charge in [-0.1, -0.05) is 51.6 Å². The molecule has 0 spiro atoms. The van der Waals surface area contributed by atoms with Crippen LogP contribution in [0.2, 0.25) is 10.0 Å². The van der Waals surface area contributed by atoms with E-state index in [9.17, 15) is 0 Å². The number of hydrogen-bond donors (Lipinski definition) is 0. The lowest BCUT2D eigenvalue weighted by Crippen LogP contribution is -2.09. The second-order valence-electron chi connectivity index (χ2n) is 5.84. The second-order valence-corrected chi connectivity index (χ2v) is 7.66. The molecule has 2 rings (SSSR count). The van der Waals surface area contributed by atoms with E-state index in [1.54, 1.807) is 12.1 Å². The van der Waals surface area contributed by atoms with Crippen molar-refractivity contribution in [3.05, 3.63) is 62.6 Å². The average molecular weight is 493 g/mol. The van der Waals surface area contributed by atoms with Crippen molar-refractivity contribution in [2.24, 2.45) is 5.16 Å². The van der Waals surface area contributed by atoms with Crippen molar-refractivity contribution in [2.45, 2.75) is 13.8 Å². The van der Waals surface area contributed by atoms with Gasteiger partial charge in [-0.2, -0.15) is 0 Å². The van der Waals surface area contributed by atoms with E-state index in [-0.39, 0.29) is 17.7 Å². The first-order valence-electron chi connectivity index (χ1n) is 9.06. The predicted molar refractivity (Wildman–Crippen MR) is 123 cm³/mol. The van der Waals surface area contributed by atoms with Crippen LogP contribution in [-0.2, 0) is 4.84 Å². The minimum absolute atomic E-state index is 0.121. The highest BCUT2D eigenvalue weighted by Crippen LogP contribution is 2.37. The predicted octanol–water partition coefficient (Wildman–Crippen LogP) is 6.91. The molecule has 0 radical (unpaired) electrons. The van der Waals surface area contributed by atoms with Gasteiger partial charge in [0, 0.05) is 12.1 Å². The van der Waals surface area contributed by atoms with E-state index in [0.29, 0.717) is 40.5 Å². The van der Waals surface area contributed by atoms with Crippen LogP contribution in [0.5, 0.6) is 17.2 Å². The maximum atomic E-state index is 6.24. The Kier molecular flexibility index (Phi) is 10.4. The van der Waals surface area contributed by atoms with Crippen LogP contribution in [0.4, 0.5) is 0 Å². The summed E-state index contributed by atoms with van der Waals surface area (Å²) in [6.07, 6.45) is 1.51. The summed E-state index contributed by atoms with van der Waals surface area (Å²) in [6, 6.07) is 10.7. The van der Waals surface area contributed by atoms with Gasteiger partial charge in [0.25, 0.3) is 0 Å². The molecule has 162 valence electrons. The highest BCUT2D eigenvalue weighted by Gasteiger charge is 2.11. The highest BCUT2D eigenvalue weighted by molar-refractivity contribution is 6.55. The number of benzene rings is 2. The summed E-state index contributed by atoms with van der Waals surface area (Å²) in [7, 11) is 0. The number of oxime groups is 1. The van der Waals surface area contributed by atoms with Gasteiger partial charge in [-0.05, 0) is 49.8 Å². The summed E-state index contributed by atoms with van der Waals surface area (Å²) >= 11 is 23.6. The van der Waals surface area contributed by atoms with E-state index in [2.05, 4.69) is 5.16 Å². The monoisotopic (exact) mass is 491 g/mol. The van der Waals surface area contributed by atoms with Crippen molar-refractivity contribution in [1.82, 2.24) is 0 Å². The molecule has 0 fully saturated rings. The molecule has 30 heavy (non-hydrogen) atoms. The van der Waals surface area contributed by atoms with Gasteiger partial charge in [-0.25, -0.2) is 0 Å². The fourth-order valence-electron chi connectivity index (χ4n) is 2.27. The quantitative estimate of drug-likeness (QED) is 0.194. The Balaban J connectivity index is 1.84. The molecular formula is C21H21Cl4NO4. The summed E-state index contributed by atoms with van der Waals surface area (Å²) < 4.78 is 16.9. The Hall–Kier alpha value is -1.79. The number of ether oxygens (including phenoxy) is 3. The first-order valence-corrected chi connectivity index (χ1v) is 10.6. The lowest BCUT2D eigenvalue weighted by atomic mass is 10.1. The van der Waals surface area contributed by atoms with Gasteiger partial charge >= 0.3 is 0 Å². The third-order valence-electron chi connectivity index (χ3n) is 3.66. The Labute approximate surface area is 196 Å². The molecule has 0 saturated carbocycles. The maximum Gasteiger partial charge on any atom is 0.156 e. The molecule has 0 amide bonds. The Morgan fingerprint density at radius 3 is 2.17 bits per heavy atom. The third-order valence-corrected chi connectivity index (χ3v) is 4.53. The molecule has 0 bridgehead atoms. The number of nitrogens with zero attached hydrogens (tertiary/aromatic N) is 1. The minimum Gasteiger partial charge on any atom is -0.490 e. The van der Waals surface area contributed by atoms with Crippen molar-refractivity contribution in [1.29, 1.82) is 0 Å². The first-order chi connectivity index (χ1) is 14.4. The molecule has 0 heterocycles. The molecule has 0 aliphatic carbocycles. The third kappa shape index (κ3) is 8.15. The van der Waals surface area contributed by atoms with Crippen LogP contribution in [0.25, 0.3) is 0 Å². The molecule has 2 aromatic rings. The van der Waals surface area contributed by atoms with Crippen molar-refractivity contribution >= 4 is 52.1 Å². The van der Waals surface area contributed by atoms with Crippen molar-refractivity contribution < 1.29 is 19.0 Å². The van der Waals surface area contributed by atoms with Crippen LogP contribution in [0.15, 0.2) is 52.1 Å². The number of halogens is 4. The smallest absolute Gasteiger partial charge is 0.156 e. The van der Waals surface area contributed by atoms with Crippen molar-refractivity contribution in [3.63, 3.8) is 0 Å². The molecule has 5 nitrogen and oxygen atoms in total. The van der Waals surface area contributed by atoms with Crippen LogP contribution in [0.1, 0.15) is 19.4 Å². The van der Waals surface area contributed by atoms with Crippen LogP contribution in [0, 0.1) is 0 Å². The molecule has 0 unspecified atom stereocenters. The fraction of sp³-hybridized carbons (Fsp3) is 0.286. The summed E-state index contributed by atoms with van der Waals surface area (Å²) in [5.41, 5.74) is 1.75. The van der Waals surface area contributed by atoms with Crippen LogP contribution < -0.4 is 14.2 Å². The largest absolute Gasteiger partial charge is 0.490 e. The average Bonchev–Trinajstić information content (AvgIpc) is 2.71. The SMILES string of the molecule is CCON=C(C)c1ccc(OCCOc2c(Cl)cc(OCC=C(Cl)Cl)cc2Cl)cc1. The van der Waals surface area contributed by atoms with Gasteiger partial charge < -0.3 is 19.0 Å². The van der Waals surface area contributed by atoms with E-state index in [1.165, 1.54) is 6.08 Å². The summed E-state index contributed by atoms with van der Waals surface area (Å²) in [5, 5.41) is 4.66. The standard InChI is InChI=1S/C21H21Cl4NO4/c1-3-30-26-14(2)15-4-6-16(7-5-15)28-10-11-29-21-18(22)12-17(13-19(21)23)27-9-8-20(24)25/h4-8,12-13H,3,9-11H2,1-2H3. The molecular weight excluding hydrogens is 472 g/mol. The Bertz CT molecular complexity index is 858. The Morgan fingerprint density at radius 1 is 0.933 bits per heavy atom.